The Bertz CT molecular complexity index is 880. The molecular formula is C34H54NO3+. The quantitative estimate of drug-likeness (QED) is 0.0708. The van der Waals surface area contributed by atoms with Crippen LogP contribution in [0.1, 0.15) is 108 Å². The first-order valence-corrected chi connectivity index (χ1v) is 15.2. The summed E-state index contributed by atoms with van der Waals surface area (Å²) in [4.78, 5) is 13.0. The summed E-state index contributed by atoms with van der Waals surface area (Å²) in [6, 6.07) is 18.2. The second-order valence-electron chi connectivity index (χ2n) is 11.3. The monoisotopic (exact) mass is 524 g/mol. The summed E-state index contributed by atoms with van der Waals surface area (Å²) < 4.78 is 12.1. The summed E-state index contributed by atoms with van der Waals surface area (Å²) in [7, 11) is 4.18. The number of hydrogen-bond acceptors (Lipinski definition) is 3. The van der Waals surface area contributed by atoms with Gasteiger partial charge in [0, 0.05) is 12.0 Å². The Hall–Kier alpha value is -2.33. The highest BCUT2D eigenvalue weighted by Gasteiger charge is 2.35. The summed E-state index contributed by atoms with van der Waals surface area (Å²) in [5.74, 6) is 0.626. The van der Waals surface area contributed by atoms with E-state index in [4.69, 9.17) is 9.47 Å². The van der Waals surface area contributed by atoms with Crippen molar-refractivity contribution < 1.29 is 18.8 Å². The first-order valence-electron chi connectivity index (χ1n) is 15.2. The average Bonchev–Trinajstić information content (AvgIpc) is 2.90. The average molecular weight is 525 g/mol. The molecule has 4 nitrogen and oxygen atoms in total. The van der Waals surface area contributed by atoms with Crippen LogP contribution in [-0.4, -0.2) is 37.4 Å². The zero-order valence-electron chi connectivity index (χ0n) is 24.8. The predicted molar refractivity (Wildman–Crippen MR) is 159 cm³/mol. The van der Waals surface area contributed by atoms with Gasteiger partial charge >= 0.3 is 5.97 Å². The number of ether oxygens (including phenoxy) is 2. The van der Waals surface area contributed by atoms with Gasteiger partial charge in [0.25, 0.3) is 0 Å². The second-order valence-corrected chi connectivity index (χ2v) is 11.3. The summed E-state index contributed by atoms with van der Waals surface area (Å²) in [6.07, 6.45) is 17.9. The third-order valence-corrected chi connectivity index (χ3v) is 7.62. The first kappa shape index (κ1) is 31.9. The van der Waals surface area contributed by atoms with Crippen molar-refractivity contribution in [2.75, 3.05) is 20.9 Å². The summed E-state index contributed by atoms with van der Waals surface area (Å²) in [5, 5.41) is 0. The van der Waals surface area contributed by atoms with Crippen LogP contribution in [0, 0.1) is 0 Å². The smallest absolute Gasteiger partial charge is 0.367 e. The van der Waals surface area contributed by atoms with Gasteiger partial charge in [0.2, 0.25) is 6.79 Å². The van der Waals surface area contributed by atoms with Crippen molar-refractivity contribution in [3.8, 4) is 5.75 Å². The van der Waals surface area contributed by atoms with Gasteiger partial charge in [-0.05, 0) is 24.5 Å². The van der Waals surface area contributed by atoms with Crippen molar-refractivity contribution in [3.05, 3.63) is 65.7 Å². The molecular weight excluding hydrogens is 470 g/mol. The van der Waals surface area contributed by atoms with Crippen LogP contribution in [0.15, 0.2) is 54.6 Å². The molecule has 0 aliphatic carbocycles. The molecule has 0 fully saturated rings. The number of aryl methyl sites for hydroxylation is 1. The molecule has 1 unspecified atom stereocenters. The zero-order valence-corrected chi connectivity index (χ0v) is 24.8. The Balaban J connectivity index is 1.67. The van der Waals surface area contributed by atoms with Crippen LogP contribution in [-0.2, 0) is 22.5 Å². The van der Waals surface area contributed by atoms with Gasteiger partial charge in [0.05, 0.1) is 14.1 Å². The van der Waals surface area contributed by atoms with E-state index in [9.17, 15) is 4.79 Å². The number of rotatable bonds is 21. The van der Waals surface area contributed by atoms with Crippen molar-refractivity contribution in [3.63, 3.8) is 0 Å². The number of quaternary nitrogens is 1. The molecule has 0 heterocycles. The van der Waals surface area contributed by atoms with Crippen molar-refractivity contribution in [1.82, 2.24) is 0 Å². The summed E-state index contributed by atoms with van der Waals surface area (Å²) in [5.41, 5.74) is 2.41. The van der Waals surface area contributed by atoms with E-state index in [-0.39, 0.29) is 18.8 Å². The molecule has 0 bridgehead atoms. The van der Waals surface area contributed by atoms with Crippen molar-refractivity contribution in [1.29, 1.82) is 0 Å². The SMILES string of the molecule is CCCCCCCCCCCCCCc1ccccc1OCOC(=O)C(CC)[N+](C)(C)Cc1ccccc1. The molecule has 0 amide bonds. The predicted octanol–water partition coefficient (Wildman–Crippen LogP) is 8.86. The van der Waals surface area contributed by atoms with Gasteiger partial charge in [0.1, 0.15) is 12.3 Å². The molecule has 1 atom stereocenters. The Morgan fingerprint density at radius 2 is 1.29 bits per heavy atom. The van der Waals surface area contributed by atoms with Crippen molar-refractivity contribution in [2.45, 2.75) is 116 Å². The van der Waals surface area contributed by atoms with Crippen LogP contribution in [0.25, 0.3) is 0 Å². The Morgan fingerprint density at radius 3 is 1.89 bits per heavy atom. The molecule has 0 N–H and O–H groups in total. The molecule has 212 valence electrons. The molecule has 0 saturated carbocycles. The minimum absolute atomic E-state index is 0.0455. The Kier molecular flexibility index (Phi) is 15.8. The van der Waals surface area contributed by atoms with Gasteiger partial charge in [-0.25, -0.2) is 4.79 Å². The number of carbonyl (C=O) groups is 1. The summed E-state index contributed by atoms with van der Waals surface area (Å²) in [6.45, 7) is 5.05. The third-order valence-electron chi connectivity index (χ3n) is 7.62. The minimum Gasteiger partial charge on any atom is -0.457 e. The lowest BCUT2D eigenvalue weighted by atomic mass is 10.0. The van der Waals surface area contributed by atoms with Gasteiger partial charge in [0.15, 0.2) is 6.04 Å². The fourth-order valence-corrected chi connectivity index (χ4v) is 5.37. The van der Waals surface area contributed by atoms with E-state index < -0.39 is 0 Å². The van der Waals surface area contributed by atoms with Gasteiger partial charge < -0.3 is 14.0 Å². The maximum atomic E-state index is 13.0. The lowest BCUT2D eigenvalue weighted by Gasteiger charge is -2.36. The molecule has 0 aromatic heterocycles. The number of likely N-dealkylation sites (N-methyl/N-ethyl adjacent to an activating group) is 1. The number of nitrogens with zero attached hydrogens (tertiary/aromatic N) is 1. The molecule has 4 heteroatoms. The molecule has 0 aliphatic heterocycles. The lowest BCUT2D eigenvalue weighted by molar-refractivity contribution is -0.919. The number of esters is 1. The fourth-order valence-electron chi connectivity index (χ4n) is 5.37. The molecule has 38 heavy (non-hydrogen) atoms. The van der Waals surface area contributed by atoms with Gasteiger partial charge in [-0.1, -0.05) is 133 Å². The highest BCUT2D eigenvalue weighted by atomic mass is 16.7. The fraction of sp³-hybridized carbons (Fsp3) is 0.618. The van der Waals surface area contributed by atoms with Crippen LogP contribution in [0.3, 0.4) is 0 Å². The van der Waals surface area contributed by atoms with Gasteiger partial charge in [-0.15, -0.1) is 0 Å². The number of carbonyl (C=O) groups excluding carboxylic acids is 1. The van der Waals surface area contributed by atoms with Gasteiger partial charge in [-0.2, -0.15) is 0 Å². The molecule has 2 rings (SSSR count). The van der Waals surface area contributed by atoms with Crippen LogP contribution >= 0.6 is 0 Å². The highest BCUT2D eigenvalue weighted by molar-refractivity contribution is 5.74. The van der Waals surface area contributed by atoms with Crippen molar-refractivity contribution >= 4 is 5.97 Å². The van der Waals surface area contributed by atoms with E-state index in [0.29, 0.717) is 10.9 Å². The Morgan fingerprint density at radius 1 is 0.737 bits per heavy atom. The molecule has 2 aromatic rings. The highest BCUT2D eigenvalue weighted by Crippen LogP contribution is 2.22. The maximum absolute atomic E-state index is 13.0. The first-order chi connectivity index (χ1) is 18.5. The Labute approximate surface area is 233 Å². The molecule has 0 saturated heterocycles. The normalized spacial score (nSPS) is 12.3. The van der Waals surface area contributed by atoms with Crippen molar-refractivity contribution in [2.24, 2.45) is 0 Å². The van der Waals surface area contributed by atoms with E-state index in [2.05, 4.69) is 45.3 Å². The number of para-hydroxylation sites is 1. The van der Waals surface area contributed by atoms with Crippen LogP contribution in [0.4, 0.5) is 0 Å². The lowest BCUT2D eigenvalue weighted by Crippen LogP contribution is -2.52. The molecule has 0 aliphatic rings. The van der Waals surface area contributed by atoms with Gasteiger partial charge in [-0.3, -0.25) is 0 Å². The van der Waals surface area contributed by atoms with E-state index >= 15 is 0 Å². The minimum atomic E-state index is -0.241. The molecule has 2 aromatic carbocycles. The number of hydrogen-bond donors (Lipinski definition) is 0. The molecule has 0 radical (unpaired) electrons. The standard InChI is InChI=1S/C34H54NO3/c1-5-7-8-9-10-11-12-13-14-15-16-20-25-31-26-21-22-27-33(31)37-29-38-34(36)32(6-2)35(3,4)28-30-23-18-17-19-24-30/h17-19,21-24,26-27,32H,5-16,20,25,28-29H2,1-4H3/q+1. The third kappa shape index (κ3) is 12.5. The van der Waals surface area contributed by atoms with E-state index in [1.54, 1.807) is 0 Å². The maximum Gasteiger partial charge on any atom is 0.367 e. The largest absolute Gasteiger partial charge is 0.457 e. The van der Waals surface area contributed by atoms with Crippen LogP contribution < -0.4 is 4.74 Å². The zero-order chi connectivity index (χ0) is 27.5. The topological polar surface area (TPSA) is 35.5 Å². The van der Waals surface area contributed by atoms with E-state index in [1.165, 1.54) is 88.2 Å². The molecule has 0 spiro atoms. The second kappa shape index (κ2) is 18.8. The number of unbranched alkanes of at least 4 members (excludes halogenated alkanes) is 11. The van der Waals surface area contributed by atoms with Crippen LogP contribution in [0.2, 0.25) is 0 Å². The van der Waals surface area contributed by atoms with E-state index in [0.717, 1.165) is 18.7 Å². The van der Waals surface area contributed by atoms with Crippen LogP contribution in [0.5, 0.6) is 5.75 Å². The number of benzene rings is 2. The van der Waals surface area contributed by atoms with E-state index in [1.807, 2.05) is 37.3 Å². The summed E-state index contributed by atoms with van der Waals surface area (Å²) >= 11 is 0.